The van der Waals surface area contributed by atoms with Gasteiger partial charge in [0.2, 0.25) is 0 Å². The molecule has 0 spiro atoms. The topological polar surface area (TPSA) is 135 Å². The van der Waals surface area contributed by atoms with Crippen LogP contribution < -0.4 is 5.73 Å². The number of nitrogen functional groups attached to an aromatic ring is 1. The summed E-state index contributed by atoms with van der Waals surface area (Å²) in [5.41, 5.74) is 9.05. The monoisotopic (exact) mass is 663 g/mol. The molecule has 2 aromatic heterocycles. The molecule has 0 bridgehead atoms. The number of hydrogen-bond acceptors (Lipinski definition) is 9. The second kappa shape index (κ2) is 13.2. The van der Waals surface area contributed by atoms with Crippen molar-refractivity contribution in [3.8, 4) is 0 Å². The molecule has 2 aromatic rings. The molecule has 0 amide bonds. The number of nitrogens with zero attached hydrogens (tertiary/aromatic N) is 4. The molecule has 7 rings (SSSR count). The van der Waals surface area contributed by atoms with Crippen molar-refractivity contribution in [2.75, 3.05) is 12.3 Å². The molecule has 4 fully saturated rings. The summed E-state index contributed by atoms with van der Waals surface area (Å²) in [4.78, 5) is 25.9. The third-order valence-corrected chi connectivity index (χ3v) is 13.8. The number of fused-ring (bicyclic) bond motifs is 6. The Balaban J connectivity index is 0.986. The summed E-state index contributed by atoms with van der Waals surface area (Å²) in [6.07, 6.45) is 16.4. The predicted molar refractivity (Wildman–Crippen MR) is 184 cm³/mol. The molecule has 1 aliphatic heterocycles. The van der Waals surface area contributed by atoms with Crippen LogP contribution in [-0.2, 0) is 14.2 Å². The largest absolute Gasteiger partial charge is 0.508 e. The molecule has 48 heavy (non-hydrogen) atoms. The summed E-state index contributed by atoms with van der Waals surface area (Å²) < 4.78 is 19.6. The summed E-state index contributed by atoms with van der Waals surface area (Å²) >= 11 is 0. The maximum Gasteiger partial charge on any atom is 0.508 e. The smallest absolute Gasteiger partial charge is 0.431 e. The summed E-state index contributed by atoms with van der Waals surface area (Å²) in [7, 11) is 0. The Morgan fingerprint density at radius 3 is 2.71 bits per heavy atom. The van der Waals surface area contributed by atoms with Crippen LogP contribution in [0.5, 0.6) is 0 Å². The number of aromatic nitrogens is 4. The Kier molecular flexibility index (Phi) is 9.28. The van der Waals surface area contributed by atoms with Crippen molar-refractivity contribution in [3.05, 3.63) is 24.3 Å². The minimum atomic E-state index is -0.711. The Morgan fingerprint density at radius 1 is 1.08 bits per heavy atom. The average molecular weight is 664 g/mol. The fourth-order valence-electron chi connectivity index (χ4n) is 11.3. The molecule has 11 atom stereocenters. The Bertz CT molecular complexity index is 1510. The molecule has 264 valence electrons. The first-order valence-corrected chi connectivity index (χ1v) is 18.8. The molecule has 0 radical (unpaired) electrons. The molecule has 10 nitrogen and oxygen atoms in total. The van der Waals surface area contributed by atoms with Crippen LogP contribution in [0.15, 0.2) is 24.3 Å². The van der Waals surface area contributed by atoms with Gasteiger partial charge in [-0.15, -0.1) is 0 Å². The lowest BCUT2D eigenvalue weighted by molar-refractivity contribution is -0.0776. The van der Waals surface area contributed by atoms with E-state index >= 15 is 0 Å². The molecule has 1 saturated heterocycles. The van der Waals surface area contributed by atoms with Crippen LogP contribution in [-0.4, -0.2) is 55.7 Å². The van der Waals surface area contributed by atoms with Gasteiger partial charge in [-0.2, -0.15) is 0 Å². The lowest BCUT2D eigenvalue weighted by Crippen LogP contribution is -2.51. The normalized spacial score (nSPS) is 38.3. The van der Waals surface area contributed by atoms with E-state index in [1.54, 1.807) is 10.9 Å². The molecule has 5 aliphatic rings. The van der Waals surface area contributed by atoms with Crippen LogP contribution in [0.3, 0.4) is 0 Å². The molecular formula is C38H57N5O5. The number of rotatable bonds is 9. The van der Waals surface area contributed by atoms with Crippen molar-refractivity contribution in [1.29, 1.82) is 0 Å². The Labute approximate surface area is 285 Å². The zero-order valence-corrected chi connectivity index (χ0v) is 29.6. The number of nitrogens with two attached hydrogens (primary N) is 1. The van der Waals surface area contributed by atoms with Gasteiger partial charge in [-0.1, -0.05) is 65.5 Å². The van der Waals surface area contributed by atoms with Crippen LogP contribution in [0.4, 0.5) is 10.6 Å². The number of aliphatic hydroxyl groups excluding tert-OH is 1. The van der Waals surface area contributed by atoms with Gasteiger partial charge in [0, 0.05) is 12.8 Å². The average Bonchev–Trinajstić information content (AvgIpc) is 3.76. The minimum Gasteiger partial charge on any atom is -0.431 e. The highest BCUT2D eigenvalue weighted by atomic mass is 16.7. The molecule has 3 saturated carbocycles. The maximum absolute atomic E-state index is 13.3. The van der Waals surface area contributed by atoms with Crippen molar-refractivity contribution in [2.45, 2.75) is 136 Å². The summed E-state index contributed by atoms with van der Waals surface area (Å²) in [5, 5.41) is 9.84. The maximum atomic E-state index is 13.3. The fraction of sp³-hybridized carbons (Fsp3) is 0.789. The second-order valence-corrected chi connectivity index (χ2v) is 16.8. The highest BCUT2D eigenvalue weighted by Gasteiger charge is 2.59. The number of ether oxygens (including phenoxy) is 3. The number of aliphatic hydroxyl groups is 1. The van der Waals surface area contributed by atoms with E-state index in [4.69, 9.17) is 19.9 Å². The number of hydrogen-bond donors (Lipinski definition) is 2. The number of imidazole rings is 1. The molecular weight excluding hydrogens is 606 g/mol. The predicted octanol–water partition coefficient (Wildman–Crippen LogP) is 7.62. The summed E-state index contributed by atoms with van der Waals surface area (Å²) in [5.74, 6) is 5.05. The molecule has 4 unspecified atom stereocenters. The Morgan fingerprint density at radius 2 is 1.92 bits per heavy atom. The van der Waals surface area contributed by atoms with Crippen LogP contribution in [0.2, 0.25) is 0 Å². The van der Waals surface area contributed by atoms with Crippen LogP contribution in [0, 0.1) is 46.3 Å². The van der Waals surface area contributed by atoms with Gasteiger partial charge in [-0.3, -0.25) is 4.57 Å². The molecule has 3 heterocycles. The second-order valence-electron chi connectivity index (χ2n) is 16.8. The fourth-order valence-corrected chi connectivity index (χ4v) is 11.3. The van der Waals surface area contributed by atoms with Crippen LogP contribution in [0.1, 0.15) is 118 Å². The van der Waals surface area contributed by atoms with Crippen LogP contribution >= 0.6 is 0 Å². The number of carbonyl (C=O) groups excluding carboxylic acids is 1. The molecule has 3 N–H and O–H groups in total. The van der Waals surface area contributed by atoms with Crippen molar-refractivity contribution in [2.24, 2.45) is 46.3 Å². The first-order chi connectivity index (χ1) is 23.0. The van der Waals surface area contributed by atoms with E-state index in [-0.39, 0.29) is 23.9 Å². The quantitative estimate of drug-likeness (QED) is 0.205. The lowest BCUT2D eigenvalue weighted by atomic mass is 9.47. The molecule has 4 aliphatic carbocycles. The van der Waals surface area contributed by atoms with Crippen molar-refractivity contribution >= 4 is 23.1 Å². The summed E-state index contributed by atoms with van der Waals surface area (Å²) in [6, 6.07) is 0. The van der Waals surface area contributed by atoms with Gasteiger partial charge in [0.15, 0.2) is 23.8 Å². The zero-order chi connectivity index (χ0) is 33.8. The van der Waals surface area contributed by atoms with Gasteiger partial charge < -0.3 is 25.1 Å². The Hall–Kier alpha value is -2.72. The third kappa shape index (κ3) is 5.92. The zero-order valence-electron chi connectivity index (χ0n) is 29.6. The van der Waals surface area contributed by atoms with Gasteiger partial charge in [-0.05, 0) is 91.3 Å². The lowest BCUT2D eigenvalue weighted by Gasteiger charge is -2.58. The van der Waals surface area contributed by atoms with Crippen molar-refractivity contribution in [1.82, 2.24) is 19.5 Å². The first kappa shape index (κ1) is 33.8. The van der Waals surface area contributed by atoms with E-state index in [2.05, 4.69) is 55.6 Å². The van der Waals surface area contributed by atoms with E-state index < -0.39 is 24.6 Å². The number of allylic oxidation sites excluding steroid dienone is 1. The van der Waals surface area contributed by atoms with E-state index in [1.807, 2.05) is 0 Å². The minimum absolute atomic E-state index is 0.180. The summed E-state index contributed by atoms with van der Waals surface area (Å²) in [6.45, 7) is 12.2. The van der Waals surface area contributed by atoms with Gasteiger partial charge in [0.05, 0.1) is 19.0 Å². The molecule has 10 heteroatoms. The van der Waals surface area contributed by atoms with Crippen molar-refractivity contribution < 1.29 is 24.1 Å². The van der Waals surface area contributed by atoms with Gasteiger partial charge in [0.1, 0.15) is 17.9 Å². The highest BCUT2D eigenvalue weighted by Crippen LogP contribution is 2.67. The van der Waals surface area contributed by atoms with Gasteiger partial charge in [-0.25, -0.2) is 19.7 Å². The number of anilines is 1. The van der Waals surface area contributed by atoms with E-state index in [9.17, 15) is 9.90 Å². The van der Waals surface area contributed by atoms with Crippen molar-refractivity contribution in [3.63, 3.8) is 0 Å². The SMILES string of the molecule is CC(C)CCC[C@@H](C)[C@H]1CCC2C3CC=C4CC(OC(=O)O[C@@H]5C[C@@H](CO)O[C@H]5n5cnc6c(N)ncnc65)CC[C@]4(C)C3CC[C@@]21C. The highest BCUT2D eigenvalue weighted by molar-refractivity contribution is 5.81. The van der Waals surface area contributed by atoms with E-state index in [0.717, 1.165) is 55.3 Å². The number of carbonyl (C=O) groups is 1. The molecule has 0 aromatic carbocycles. The van der Waals surface area contributed by atoms with Crippen LogP contribution in [0.25, 0.3) is 11.2 Å². The van der Waals surface area contributed by atoms with E-state index in [1.165, 1.54) is 56.8 Å². The standard InChI is InChI=1S/C38H57N5O5/c1-22(2)7-6-8-23(3)28-11-12-29-27-10-9-24-17-25(13-15-37(24,4)30(27)14-16-38(28,29)5)47-36(45)48-31-18-26(19-44)46-35(31)43-21-42-32-33(39)40-20-41-34(32)43/h9,20-23,25-31,35,44H,6-8,10-19H2,1-5H3,(H2,39,40,41)/t23-,25?,26+,27?,28-,29?,30?,31-,35-,37+,38-/m1/s1. The first-order valence-electron chi connectivity index (χ1n) is 18.8. The van der Waals surface area contributed by atoms with Gasteiger partial charge >= 0.3 is 6.16 Å². The van der Waals surface area contributed by atoms with E-state index in [0.29, 0.717) is 28.9 Å². The van der Waals surface area contributed by atoms with Gasteiger partial charge in [0.25, 0.3) is 0 Å². The third-order valence-electron chi connectivity index (χ3n) is 13.8.